The molecule has 0 aliphatic rings. The van der Waals surface area contributed by atoms with E-state index < -0.39 is 33.8 Å². The van der Waals surface area contributed by atoms with Crippen LogP contribution in [0.4, 0.5) is 0 Å². The molecule has 33 heavy (non-hydrogen) atoms. The second-order valence-corrected chi connectivity index (χ2v) is 10.6. The van der Waals surface area contributed by atoms with Crippen LogP contribution in [0, 0.1) is 5.92 Å². The molecule has 0 fully saturated rings. The van der Waals surface area contributed by atoms with Crippen molar-refractivity contribution in [2.75, 3.05) is 6.26 Å². The standard InChI is InChI=1S/C22H36N4O6S/c1-5-6-8-17(12-16-13-23-22(24-14-16)33(4,31)32)25-19(11-15(2)3)20(28)26-18(21(29)30)9-7-10-27/h10,13-15,17-19,25H,5-9,11-12H2,1-4H3,(H,26,28)(H,29,30)/t17?,18-,19+/m0/s1. The number of rotatable bonds is 16. The molecule has 0 saturated heterocycles. The fourth-order valence-electron chi connectivity index (χ4n) is 3.39. The summed E-state index contributed by atoms with van der Waals surface area (Å²) in [5.41, 5.74) is 0.731. The van der Waals surface area contributed by atoms with Gasteiger partial charge < -0.3 is 20.5 Å². The van der Waals surface area contributed by atoms with Gasteiger partial charge in [-0.15, -0.1) is 0 Å². The van der Waals surface area contributed by atoms with Crippen molar-refractivity contribution in [2.24, 2.45) is 5.92 Å². The molecule has 0 aromatic carbocycles. The first-order valence-electron chi connectivity index (χ1n) is 11.2. The number of carboxylic acid groups (broad SMARTS) is 1. The highest BCUT2D eigenvalue weighted by molar-refractivity contribution is 7.90. The molecule has 3 N–H and O–H groups in total. The molecule has 1 heterocycles. The van der Waals surface area contributed by atoms with Crippen molar-refractivity contribution in [3.63, 3.8) is 0 Å². The first-order valence-corrected chi connectivity index (χ1v) is 13.1. The van der Waals surface area contributed by atoms with E-state index in [1.54, 1.807) is 0 Å². The maximum Gasteiger partial charge on any atom is 0.326 e. The highest BCUT2D eigenvalue weighted by atomic mass is 32.2. The molecule has 10 nitrogen and oxygen atoms in total. The third kappa shape index (κ3) is 10.8. The number of sulfone groups is 1. The number of carboxylic acids is 1. The van der Waals surface area contributed by atoms with Crippen molar-refractivity contribution < 1.29 is 27.9 Å². The van der Waals surface area contributed by atoms with E-state index in [1.165, 1.54) is 12.4 Å². The van der Waals surface area contributed by atoms with E-state index in [-0.39, 0.29) is 30.0 Å². The molecule has 0 bridgehead atoms. The summed E-state index contributed by atoms with van der Waals surface area (Å²) >= 11 is 0. The predicted molar refractivity (Wildman–Crippen MR) is 123 cm³/mol. The van der Waals surface area contributed by atoms with E-state index >= 15 is 0 Å². The van der Waals surface area contributed by atoms with Gasteiger partial charge in [0.25, 0.3) is 0 Å². The van der Waals surface area contributed by atoms with E-state index in [1.807, 2.05) is 13.8 Å². The van der Waals surface area contributed by atoms with Crippen LogP contribution in [0.15, 0.2) is 17.6 Å². The maximum atomic E-state index is 13.0. The number of amides is 1. The van der Waals surface area contributed by atoms with Crippen LogP contribution in [-0.4, -0.2) is 66.0 Å². The van der Waals surface area contributed by atoms with Crippen molar-refractivity contribution in [1.29, 1.82) is 0 Å². The molecule has 11 heteroatoms. The van der Waals surface area contributed by atoms with E-state index in [2.05, 4.69) is 27.5 Å². The Bertz CT molecular complexity index is 873. The highest BCUT2D eigenvalue weighted by Crippen LogP contribution is 2.13. The molecule has 0 aliphatic carbocycles. The SMILES string of the molecule is CCCCC(Cc1cnc(S(C)(=O)=O)nc1)N[C@H](CC(C)C)C(=O)N[C@@H](CCC=O)C(=O)O. The van der Waals surface area contributed by atoms with Gasteiger partial charge in [-0.25, -0.2) is 23.2 Å². The quantitative estimate of drug-likeness (QED) is 0.234. The Morgan fingerprint density at radius 3 is 2.27 bits per heavy atom. The van der Waals surface area contributed by atoms with Gasteiger partial charge in [0.15, 0.2) is 0 Å². The Morgan fingerprint density at radius 1 is 1.15 bits per heavy atom. The van der Waals surface area contributed by atoms with Crippen LogP contribution in [0.25, 0.3) is 0 Å². The van der Waals surface area contributed by atoms with Gasteiger partial charge in [0.1, 0.15) is 12.3 Å². The van der Waals surface area contributed by atoms with Crippen LogP contribution in [0.2, 0.25) is 0 Å². The van der Waals surface area contributed by atoms with Gasteiger partial charge >= 0.3 is 5.97 Å². The molecule has 0 radical (unpaired) electrons. The lowest BCUT2D eigenvalue weighted by Gasteiger charge is -2.27. The summed E-state index contributed by atoms with van der Waals surface area (Å²) < 4.78 is 23.2. The monoisotopic (exact) mass is 484 g/mol. The Morgan fingerprint density at radius 2 is 1.79 bits per heavy atom. The third-order valence-corrected chi connectivity index (χ3v) is 5.92. The Balaban J connectivity index is 3.01. The number of unbranched alkanes of at least 4 members (excludes halogenated alkanes) is 1. The topological polar surface area (TPSA) is 155 Å². The minimum Gasteiger partial charge on any atom is -0.480 e. The minimum absolute atomic E-state index is 0.0300. The van der Waals surface area contributed by atoms with Crippen molar-refractivity contribution in [1.82, 2.24) is 20.6 Å². The number of aliphatic carboxylic acids is 1. The minimum atomic E-state index is -3.49. The zero-order valence-corrected chi connectivity index (χ0v) is 20.6. The summed E-state index contributed by atoms with van der Waals surface area (Å²) in [5.74, 6) is -1.43. The van der Waals surface area contributed by atoms with Gasteiger partial charge in [-0.1, -0.05) is 33.6 Å². The average molecular weight is 485 g/mol. The second-order valence-electron chi connectivity index (χ2n) is 8.68. The molecule has 0 aliphatic heterocycles. The summed E-state index contributed by atoms with van der Waals surface area (Å²) in [6.07, 6.45) is 8.30. The fourth-order valence-corrected chi connectivity index (χ4v) is 3.88. The van der Waals surface area contributed by atoms with Gasteiger partial charge in [0, 0.05) is 31.1 Å². The van der Waals surface area contributed by atoms with E-state index in [9.17, 15) is 27.9 Å². The number of hydrogen-bond acceptors (Lipinski definition) is 8. The molecule has 1 rings (SSSR count). The van der Waals surface area contributed by atoms with Gasteiger partial charge in [-0.3, -0.25) is 4.79 Å². The average Bonchev–Trinajstić information content (AvgIpc) is 2.73. The maximum absolute atomic E-state index is 13.0. The molecular formula is C22H36N4O6S. The van der Waals surface area contributed by atoms with Crippen molar-refractivity contribution in [3.05, 3.63) is 18.0 Å². The van der Waals surface area contributed by atoms with Crippen LogP contribution >= 0.6 is 0 Å². The fraction of sp³-hybridized carbons (Fsp3) is 0.682. The van der Waals surface area contributed by atoms with Gasteiger partial charge in [0.2, 0.25) is 20.9 Å². The van der Waals surface area contributed by atoms with Crippen LogP contribution in [0.3, 0.4) is 0 Å². The zero-order chi connectivity index (χ0) is 25.0. The molecular weight excluding hydrogens is 448 g/mol. The summed E-state index contributed by atoms with van der Waals surface area (Å²) in [7, 11) is -3.49. The molecule has 1 unspecified atom stereocenters. The number of carbonyl (C=O) groups is 3. The van der Waals surface area contributed by atoms with Gasteiger partial charge in [0.05, 0.1) is 6.04 Å². The second kappa shape index (κ2) is 14.0. The lowest BCUT2D eigenvalue weighted by Crippen LogP contribution is -2.53. The summed E-state index contributed by atoms with van der Waals surface area (Å²) in [4.78, 5) is 42.9. The van der Waals surface area contributed by atoms with E-state index in [0.29, 0.717) is 19.1 Å². The van der Waals surface area contributed by atoms with E-state index in [0.717, 1.165) is 31.1 Å². The molecule has 1 aromatic rings. The van der Waals surface area contributed by atoms with Gasteiger partial charge in [-0.05, 0) is 37.2 Å². The molecule has 1 amide bonds. The zero-order valence-electron chi connectivity index (χ0n) is 19.8. The van der Waals surface area contributed by atoms with Gasteiger partial charge in [-0.2, -0.15) is 0 Å². The summed E-state index contributed by atoms with van der Waals surface area (Å²) in [5, 5.41) is 15.1. The van der Waals surface area contributed by atoms with Crippen LogP contribution < -0.4 is 10.6 Å². The number of aromatic nitrogens is 2. The van der Waals surface area contributed by atoms with Crippen LogP contribution in [0.1, 0.15) is 64.9 Å². The molecule has 0 spiro atoms. The van der Waals surface area contributed by atoms with E-state index in [4.69, 9.17) is 0 Å². The van der Waals surface area contributed by atoms with Crippen molar-refractivity contribution >= 4 is 28.0 Å². The first-order chi connectivity index (χ1) is 15.5. The number of aldehydes is 1. The Labute approximate surface area is 195 Å². The largest absolute Gasteiger partial charge is 0.480 e. The molecule has 1 aromatic heterocycles. The lowest BCUT2D eigenvalue weighted by molar-refractivity contribution is -0.142. The third-order valence-electron chi connectivity index (χ3n) is 5.05. The Hall–Kier alpha value is -2.40. The molecule has 186 valence electrons. The number of nitrogens with zero attached hydrogens (tertiary/aromatic N) is 2. The normalized spacial score (nSPS) is 14.5. The summed E-state index contributed by atoms with van der Waals surface area (Å²) in [6, 6.07) is -1.88. The smallest absolute Gasteiger partial charge is 0.326 e. The number of hydrogen-bond donors (Lipinski definition) is 3. The van der Waals surface area contributed by atoms with Crippen LogP contribution in [-0.2, 0) is 30.6 Å². The lowest BCUT2D eigenvalue weighted by atomic mass is 9.97. The Kier molecular flexibility index (Phi) is 12.1. The number of nitrogens with one attached hydrogen (secondary N) is 2. The molecule has 3 atom stereocenters. The van der Waals surface area contributed by atoms with Crippen molar-refractivity contribution in [2.45, 2.75) is 89.0 Å². The predicted octanol–water partition coefficient (Wildman–Crippen LogP) is 1.53. The number of carbonyl (C=O) groups excluding carboxylic acids is 2. The molecule has 0 saturated carbocycles. The van der Waals surface area contributed by atoms with Crippen molar-refractivity contribution in [3.8, 4) is 0 Å². The summed E-state index contributed by atoms with van der Waals surface area (Å²) in [6.45, 7) is 6.01. The highest BCUT2D eigenvalue weighted by Gasteiger charge is 2.27. The first kappa shape index (κ1) is 28.6. The van der Waals surface area contributed by atoms with Crippen LogP contribution in [0.5, 0.6) is 0 Å².